The van der Waals surface area contributed by atoms with Crippen molar-refractivity contribution in [3.8, 4) is 11.1 Å². The summed E-state index contributed by atoms with van der Waals surface area (Å²) in [5, 5.41) is 0. The first kappa shape index (κ1) is 22.7. The first-order valence-electron chi connectivity index (χ1n) is 11.8. The molecule has 34 heavy (non-hydrogen) atoms. The van der Waals surface area contributed by atoms with Gasteiger partial charge in [0, 0.05) is 11.1 Å². The largest absolute Gasteiger partial charge is 0.368 e. The molecule has 4 heteroatoms. The van der Waals surface area contributed by atoms with Gasteiger partial charge in [-0.05, 0) is 65.8 Å². The minimum atomic E-state index is -0.798. The first-order chi connectivity index (χ1) is 16.5. The molecule has 1 heterocycles. The monoisotopic (exact) mass is 460 g/mol. The van der Waals surface area contributed by atoms with Crippen molar-refractivity contribution in [3.05, 3.63) is 107 Å². The molecule has 1 saturated carbocycles. The molecular weight excluding hydrogens is 433 g/mol. The van der Waals surface area contributed by atoms with Crippen LogP contribution in [0.4, 0.5) is 13.2 Å². The lowest BCUT2D eigenvalue weighted by atomic mass is 9.78. The Morgan fingerprint density at radius 1 is 0.824 bits per heavy atom. The van der Waals surface area contributed by atoms with Crippen molar-refractivity contribution in [1.29, 1.82) is 0 Å². The molecule has 3 aromatic rings. The van der Waals surface area contributed by atoms with Crippen LogP contribution in [0.15, 0.2) is 67.3 Å². The van der Waals surface area contributed by atoms with Crippen LogP contribution in [-0.2, 0) is 4.74 Å². The molecule has 5 rings (SSSR count). The van der Waals surface area contributed by atoms with Gasteiger partial charge < -0.3 is 4.74 Å². The Morgan fingerprint density at radius 2 is 1.56 bits per heavy atom. The van der Waals surface area contributed by atoms with Gasteiger partial charge in [0.15, 0.2) is 11.6 Å². The Bertz CT molecular complexity index is 1220. The van der Waals surface area contributed by atoms with Crippen LogP contribution in [0.2, 0.25) is 0 Å². The maximum atomic E-state index is 15.0. The minimum absolute atomic E-state index is 0.0201. The van der Waals surface area contributed by atoms with E-state index in [2.05, 4.69) is 6.58 Å². The molecule has 1 unspecified atom stereocenters. The molecule has 0 radical (unpaired) electrons. The van der Waals surface area contributed by atoms with Crippen molar-refractivity contribution >= 4 is 12.2 Å². The third-order valence-electron chi connectivity index (χ3n) is 7.06. The van der Waals surface area contributed by atoms with Crippen molar-refractivity contribution in [2.75, 3.05) is 6.61 Å². The molecule has 174 valence electrons. The molecule has 1 atom stereocenters. The first-order valence-corrected chi connectivity index (χ1v) is 11.8. The van der Waals surface area contributed by atoms with E-state index in [1.54, 1.807) is 42.5 Å². The highest BCUT2D eigenvalue weighted by Gasteiger charge is 2.26. The fraction of sp³-hybridized carbons (Fsp3) is 0.267. The Morgan fingerprint density at radius 3 is 2.21 bits per heavy atom. The number of epoxide rings is 1. The Balaban J connectivity index is 1.31. The summed E-state index contributed by atoms with van der Waals surface area (Å²) in [6, 6.07) is 15.7. The molecule has 0 N–H and O–H groups in total. The number of hydrogen-bond donors (Lipinski definition) is 0. The van der Waals surface area contributed by atoms with Gasteiger partial charge in [0.05, 0.1) is 6.61 Å². The molecule has 3 aromatic carbocycles. The Kier molecular flexibility index (Phi) is 6.42. The molecule has 2 aliphatic rings. The van der Waals surface area contributed by atoms with Gasteiger partial charge in [0.1, 0.15) is 11.9 Å². The van der Waals surface area contributed by atoms with E-state index in [1.807, 2.05) is 24.3 Å². The quantitative estimate of drug-likeness (QED) is 0.204. The summed E-state index contributed by atoms with van der Waals surface area (Å²) in [6.45, 7) is 4.49. The average Bonchev–Trinajstić information content (AvgIpc) is 3.71. The maximum absolute atomic E-state index is 15.0. The molecule has 0 spiro atoms. The van der Waals surface area contributed by atoms with Crippen LogP contribution >= 0.6 is 0 Å². The average molecular weight is 461 g/mol. The number of ether oxygens (including phenoxy) is 1. The third-order valence-corrected chi connectivity index (χ3v) is 7.06. The van der Waals surface area contributed by atoms with Gasteiger partial charge >= 0.3 is 0 Å². The smallest absolute Gasteiger partial charge is 0.166 e. The highest BCUT2D eigenvalue weighted by Crippen LogP contribution is 2.39. The minimum Gasteiger partial charge on any atom is -0.368 e. The van der Waals surface area contributed by atoms with Gasteiger partial charge in [-0.25, -0.2) is 13.2 Å². The number of allylic oxidation sites excluding steroid dienone is 1. The number of rotatable bonds is 6. The van der Waals surface area contributed by atoms with Crippen molar-refractivity contribution in [2.24, 2.45) is 5.92 Å². The second kappa shape index (κ2) is 9.63. The van der Waals surface area contributed by atoms with E-state index in [-0.39, 0.29) is 23.4 Å². The zero-order valence-electron chi connectivity index (χ0n) is 18.9. The topological polar surface area (TPSA) is 12.5 Å². The lowest BCUT2D eigenvalue weighted by molar-refractivity contribution is 0.364. The predicted molar refractivity (Wildman–Crippen MR) is 131 cm³/mol. The maximum Gasteiger partial charge on any atom is 0.166 e. The van der Waals surface area contributed by atoms with E-state index in [1.165, 1.54) is 6.07 Å². The zero-order chi connectivity index (χ0) is 23.7. The SMILES string of the molecule is C=CC1CCC(c2ccc(-c3ccc(/C=C/c4ccc(C5CO5)cc4F)cc3)c(F)c2F)CC1. The number of hydrogen-bond acceptors (Lipinski definition) is 1. The summed E-state index contributed by atoms with van der Waals surface area (Å²) < 4.78 is 49.5. The van der Waals surface area contributed by atoms with Gasteiger partial charge in [0.2, 0.25) is 0 Å². The van der Waals surface area contributed by atoms with Crippen LogP contribution in [0, 0.1) is 23.4 Å². The van der Waals surface area contributed by atoms with Crippen LogP contribution < -0.4 is 0 Å². The van der Waals surface area contributed by atoms with Crippen LogP contribution in [-0.4, -0.2) is 6.61 Å². The van der Waals surface area contributed by atoms with E-state index in [0.29, 0.717) is 29.2 Å². The number of benzene rings is 3. The molecule has 0 aromatic heterocycles. The zero-order valence-corrected chi connectivity index (χ0v) is 18.9. The molecule has 2 fully saturated rings. The van der Waals surface area contributed by atoms with Crippen molar-refractivity contribution < 1.29 is 17.9 Å². The number of halogens is 3. The van der Waals surface area contributed by atoms with Crippen LogP contribution in [0.5, 0.6) is 0 Å². The Labute approximate surface area is 198 Å². The van der Waals surface area contributed by atoms with Gasteiger partial charge in [-0.2, -0.15) is 0 Å². The van der Waals surface area contributed by atoms with E-state index >= 15 is 0 Å². The second-order valence-corrected chi connectivity index (χ2v) is 9.24. The lowest BCUT2D eigenvalue weighted by Crippen LogP contribution is -2.13. The van der Waals surface area contributed by atoms with Crippen molar-refractivity contribution in [1.82, 2.24) is 0 Å². The van der Waals surface area contributed by atoms with Crippen LogP contribution in [0.25, 0.3) is 23.3 Å². The van der Waals surface area contributed by atoms with Gasteiger partial charge in [-0.15, -0.1) is 6.58 Å². The summed E-state index contributed by atoms with van der Waals surface area (Å²) in [5.74, 6) is -1.30. The fourth-order valence-corrected chi connectivity index (χ4v) is 4.85. The molecule has 0 amide bonds. The summed E-state index contributed by atoms with van der Waals surface area (Å²) in [7, 11) is 0. The van der Waals surface area contributed by atoms with E-state index in [4.69, 9.17) is 4.74 Å². The summed E-state index contributed by atoms with van der Waals surface area (Å²) in [6.07, 6.45) is 9.13. The molecule has 1 aliphatic heterocycles. The standard InChI is InChI=1S/C30H27F3O/c1-2-19-3-8-21(9-4-19)25-15-16-26(30(33)29(25)32)22-10-5-20(6-11-22)7-12-23-13-14-24(17-27(23)31)28-18-34-28/h2,5-7,10-17,19,21,28H,1,3-4,8-9,18H2/b12-7+. The molecular formula is C30H27F3O. The summed E-state index contributed by atoms with van der Waals surface area (Å²) >= 11 is 0. The highest BCUT2D eigenvalue weighted by molar-refractivity contribution is 5.72. The van der Waals surface area contributed by atoms with E-state index in [0.717, 1.165) is 36.8 Å². The molecule has 1 saturated heterocycles. The van der Waals surface area contributed by atoms with Crippen molar-refractivity contribution in [3.63, 3.8) is 0 Å². The van der Waals surface area contributed by atoms with Crippen LogP contribution in [0.1, 0.15) is 60.0 Å². The van der Waals surface area contributed by atoms with Gasteiger partial charge in [-0.3, -0.25) is 0 Å². The molecule has 1 aliphatic carbocycles. The van der Waals surface area contributed by atoms with E-state index in [9.17, 15) is 13.2 Å². The highest BCUT2D eigenvalue weighted by atomic mass is 19.2. The second-order valence-electron chi connectivity index (χ2n) is 9.24. The molecule has 1 nitrogen and oxygen atoms in total. The van der Waals surface area contributed by atoms with Crippen molar-refractivity contribution in [2.45, 2.75) is 37.7 Å². The van der Waals surface area contributed by atoms with E-state index < -0.39 is 11.6 Å². The molecule has 0 bridgehead atoms. The van der Waals surface area contributed by atoms with Gasteiger partial charge in [-0.1, -0.05) is 66.8 Å². The summed E-state index contributed by atoms with van der Waals surface area (Å²) in [4.78, 5) is 0. The van der Waals surface area contributed by atoms with Gasteiger partial charge in [0.25, 0.3) is 0 Å². The van der Waals surface area contributed by atoms with Crippen LogP contribution in [0.3, 0.4) is 0 Å². The third kappa shape index (κ3) is 4.74. The predicted octanol–water partition coefficient (Wildman–Crippen LogP) is 8.47. The normalized spacial score (nSPS) is 22.1. The fourth-order valence-electron chi connectivity index (χ4n) is 4.85. The lowest BCUT2D eigenvalue weighted by Gasteiger charge is -2.27. The Hall–Kier alpha value is -3.11. The summed E-state index contributed by atoms with van der Waals surface area (Å²) in [5.41, 5.74) is 3.51.